The number of carbonyl (C=O) groups excluding carboxylic acids is 4. The Bertz CT molecular complexity index is 1710. The van der Waals surface area contributed by atoms with Crippen molar-refractivity contribution in [1.82, 2.24) is 20.2 Å². The summed E-state index contributed by atoms with van der Waals surface area (Å²) in [5.41, 5.74) is 1.57. The van der Waals surface area contributed by atoms with Crippen molar-refractivity contribution in [2.45, 2.75) is 52.4 Å². The summed E-state index contributed by atoms with van der Waals surface area (Å²) in [4.78, 5) is 68.3. The van der Waals surface area contributed by atoms with Gasteiger partial charge in [-0.25, -0.2) is 9.78 Å². The Morgan fingerprint density at radius 2 is 1.81 bits per heavy atom. The van der Waals surface area contributed by atoms with Gasteiger partial charge in [0.1, 0.15) is 32.1 Å². The quantitative estimate of drug-likeness (QED) is 0.227. The van der Waals surface area contributed by atoms with E-state index in [0.717, 1.165) is 16.5 Å². The predicted octanol–water partition coefficient (Wildman–Crippen LogP) is 1.17. The average molecular weight is 593 g/mol. The zero-order valence-electron chi connectivity index (χ0n) is 24.1. The zero-order valence-corrected chi connectivity index (χ0v) is 24.1. The van der Waals surface area contributed by atoms with Gasteiger partial charge >= 0.3 is 11.9 Å². The van der Waals surface area contributed by atoms with E-state index in [2.05, 4.69) is 10.6 Å². The van der Waals surface area contributed by atoms with Crippen LogP contribution >= 0.6 is 0 Å². The monoisotopic (exact) mass is 592 g/mol. The lowest BCUT2D eigenvalue weighted by atomic mass is 9.85. The van der Waals surface area contributed by atoms with E-state index in [9.17, 15) is 29.1 Å². The van der Waals surface area contributed by atoms with Crippen LogP contribution < -0.4 is 16.2 Å². The number of aromatic nitrogens is 2. The fourth-order valence-corrected chi connectivity index (χ4v) is 5.65. The first-order valence-electron chi connectivity index (χ1n) is 14.1. The lowest BCUT2D eigenvalue weighted by molar-refractivity contribution is -0.189. The molecule has 43 heavy (non-hydrogen) atoms. The van der Waals surface area contributed by atoms with E-state index < -0.39 is 42.2 Å². The van der Waals surface area contributed by atoms with Gasteiger partial charge in [0.25, 0.3) is 5.56 Å². The fraction of sp³-hybridized carbons (Fsp3) is 0.400. The highest BCUT2D eigenvalue weighted by Gasteiger charge is 2.50. The standard InChI is InChI=1S/C30H32N4O9/c1-4-17-18-9-16(35)7-8-22(18)33-27-19(17)12-34-23(27)10-21-20(28(34)39)13-42-29(40)30(21,5-2)43-26(38)11-32-25(37)15-41-14-24(36)31-6-3/h7-10,35H,4-6,11-15H2,1-3H3,(H,31,36)(H,32,37)/t30-/m0/s1. The molecule has 0 bridgehead atoms. The third-order valence-electron chi connectivity index (χ3n) is 7.67. The number of hydrogen-bond acceptors (Lipinski definition) is 10. The van der Waals surface area contributed by atoms with Gasteiger partial charge in [-0.1, -0.05) is 13.8 Å². The minimum absolute atomic E-state index is 0.0332. The number of aryl methyl sites for hydroxylation is 1. The molecule has 3 N–H and O–H groups in total. The van der Waals surface area contributed by atoms with Gasteiger partial charge in [0.05, 0.1) is 29.0 Å². The van der Waals surface area contributed by atoms with Gasteiger partial charge in [-0.05, 0) is 49.6 Å². The Morgan fingerprint density at radius 3 is 2.51 bits per heavy atom. The first kappa shape index (κ1) is 29.7. The molecule has 1 atom stereocenters. The lowest BCUT2D eigenvalue weighted by Crippen LogP contribution is -2.49. The summed E-state index contributed by atoms with van der Waals surface area (Å²) in [5.74, 6) is -2.69. The van der Waals surface area contributed by atoms with Crippen LogP contribution in [0.15, 0.2) is 29.1 Å². The van der Waals surface area contributed by atoms with Gasteiger partial charge < -0.3 is 34.5 Å². The maximum Gasteiger partial charge on any atom is 0.355 e. The van der Waals surface area contributed by atoms with E-state index >= 15 is 0 Å². The fourth-order valence-electron chi connectivity index (χ4n) is 5.65. The van der Waals surface area contributed by atoms with E-state index in [-0.39, 0.29) is 49.0 Å². The molecule has 2 amide bonds. The Balaban J connectivity index is 1.44. The van der Waals surface area contributed by atoms with E-state index in [1.54, 1.807) is 42.7 Å². The highest BCUT2D eigenvalue weighted by molar-refractivity contribution is 5.91. The third-order valence-corrected chi connectivity index (χ3v) is 7.67. The molecule has 0 saturated carbocycles. The number of likely N-dealkylation sites (N-methyl/N-ethyl adjacent to an activating group) is 1. The van der Waals surface area contributed by atoms with Crippen molar-refractivity contribution >= 4 is 34.7 Å². The Labute approximate surface area is 246 Å². The number of aromatic hydroxyl groups is 1. The van der Waals surface area contributed by atoms with E-state index in [1.165, 1.54) is 0 Å². The Morgan fingerprint density at radius 1 is 1.07 bits per heavy atom. The van der Waals surface area contributed by atoms with Gasteiger partial charge in [-0.15, -0.1) is 0 Å². The molecule has 2 aliphatic rings. The lowest BCUT2D eigenvalue weighted by Gasteiger charge is -2.35. The first-order valence-corrected chi connectivity index (χ1v) is 14.1. The minimum Gasteiger partial charge on any atom is -0.508 e. The van der Waals surface area contributed by atoms with Crippen molar-refractivity contribution in [2.24, 2.45) is 0 Å². The number of hydrogen-bond donors (Lipinski definition) is 3. The van der Waals surface area contributed by atoms with Crippen molar-refractivity contribution in [1.29, 1.82) is 0 Å². The van der Waals surface area contributed by atoms with Crippen molar-refractivity contribution in [3.05, 3.63) is 56.9 Å². The number of carbonyl (C=O) groups is 4. The SMILES string of the molecule is CCNC(=O)COCC(=O)NCC(=O)O[C@]1(CC)C(=O)OCc2c1cc1n(c2=O)Cc2c-1nc1ccc(O)cc1c2CC. The van der Waals surface area contributed by atoms with Crippen LogP contribution in [0.1, 0.15) is 49.4 Å². The molecular formula is C30H32N4O9. The van der Waals surface area contributed by atoms with Crippen LogP contribution in [0, 0.1) is 0 Å². The van der Waals surface area contributed by atoms with Gasteiger partial charge in [0, 0.05) is 23.1 Å². The van der Waals surface area contributed by atoms with Crippen LogP contribution in [0.4, 0.5) is 0 Å². The number of esters is 2. The van der Waals surface area contributed by atoms with Crippen LogP contribution in [0.5, 0.6) is 5.75 Å². The number of fused-ring (bicyclic) bond motifs is 5. The number of benzene rings is 1. The molecule has 3 aromatic rings. The Hall–Kier alpha value is -4.78. The number of rotatable bonds is 10. The van der Waals surface area contributed by atoms with Crippen molar-refractivity contribution in [2.75, 3.05) is 26.3 Å². The third kappa shape index (κ3) is 5.31. The van der Waals surface area contributed by atoms with Gasteiger partial charge in [0.15, 0.2) is 0 Å². The van der Waals surface area contributed by atoms with Crippen LogP contribution in [0.3, 0.4) is 0 Å². The summed E-state index contributed by atoms with van der Waals surface area (Å²) in [6, 6.07) is 6.56. The molecule has 1 aromatic carbocycles. The van der Waals surface area contributed by atoms with E-state index in [1.807, 2.05) is 6.92 Å². The number of nitrogens with one attached hydrogen (secondary N) is 2. The second-order valence-electron chi connectivity index (χ2n) is 10.2. The Kier molecular flexibility index (Phi) is 8.18. The van der Waals surface area contributed by atoms with Crippen molar-refractivity contribution in [3.63, 3.8) is 0 Å². The maximum absolute atomic E-state index is 13.8. The molecule has 5 rings (SSSR count). The second-order valence-corrected chi connectivity index (χ2v) is 10.2. The number of phenols is 1. The van der Waals surface area contributed by atoms with Gasteiger partial charge in [-0.2, -0.15) is 0 Å². The second kappa shape index (κ2) is 11.8. The number of amides is 2. The largest absolute Gasteiger partial charge is 0.508 e. The number of nitrogens with zero attached hydrogens (tertiary/aromatic N) is 2. The van der Waals surface area contributed by atoms with E-state index in [0.29, 0.717) is 29.9 Å². The molecule has 0 radical (unpaired) electrons. The summed E-state index contributed by atoms with van der Waals surface area (Å²) in [6.45, 7) is 4.39. The highest BCUT2D eigenvalue weighted by atomic mass is 16.6. The molecule has 2 aromatic heterocycles. The molecule has 13 heteroatoms. The summed E-state index contributed by atoms with van der Waals surface area (Å²) >= 11 is 0. The molecular weight excluding hydrogens is 560 g/mol. The number of cyclic esters (lactones) is 1. The molecule has 0 saturated heterocycles. The minimum atomic E-state index is -1.92. The number of phenolic OH excluding ortho intramolecular Hbond substituents is 1. The van der Waals surface area contributed by atoms with Crippen LogP contribution in [-0.4, -0.2) is 64.7 Å². The van der Waals surface area contributed by atoms with Gasteiger partial charge in [0.2, 0.25) is 17.4 Å². The zero-order chi connectivity index (χ0) is 30.9. The van der Waals surface area contributed by atoms with Gasteiger partial charge in [-0.3, -0.25) is 19.2 Å². The molecule has 0 fully saturated rings. The molecule has 226 valence electrons. The van der Waals surface area contributed by atoms with Crippen molar-refractivity contribution < 1.29 is 38.5 Å². The van der Waals surface area contributed by atoms with Crippen LogP contribution in [0.2, 0.25) is 0 Å². The summed E-state index contributed by atoms with van der Waals surface area (Å²) in [5, 5.41) is 15.7. The predicted molar refractivity (Wildman–Crippen MR) is 152 cm³/mol. The average Bonchev–Trinajstić information content (AvgIpc) is 3.35. The first-order chi connectivity index (χ1) is 20.6. The summed E-state index contributed by atoms with van der Waals surface area (Å²) in [7, 11) is 0. The molecule has 2 aliphatic heterocycles. The molecule has 0 unspecified atom stereocenters. The van der Waals surface area contributed by atoms with Crippen LogP contribution in [0.25, 0.3) is 22.3 Å². The summed E-state index contributed by atoms with van der Waals surface area (Å²) < 4.78 is 17.6. The number of pyridine rings is 2. The highest BCUT2D eigenvalue weighted by Crippen LogP contribution is 2.42. The summed E-state index contributed by atoms with van der Waals surface area (Å²) in [6.07, 6.45) is 0.600. The molecule has 0 aliphatic carbocycles. The molecule has 13 nitrogen and oxygen atoms in total. The molecule has 4 heterocycles. The topological polar surface area (TPSA) is 175 Å². The smallest absolute Gasteiger partial charge is 0.355 e. The van der Waals surface area contributed by atoms with E-state index in [4.69, 9.17) is 19.2 Å². The maximum atomic E-state index is 13.8. The van der Waals surface area contributed by atoms with Crippen molar-refractivity contribution in [3.8, 4) is 17.1 Å². The van der Waals surface area contributed by atoms with Crippen LogP contribution in [-0.2, 0) is 58.6 Å². The normalized spacial score (nSPS) is 16.6. The molecule has 0 spiro atoms. The number of ether oxygens (including phenoxy) is 3.